The van der Waals surface area contributed by atoms with Crippen molar-refractivity contribution in [1.29, 1.82) is 0 Å². The molecule has 0 aliphatic carbocycles. The van der Waals surface area contributed by atoms with Gasteiger partial charge in [0.1, 0.15) is 5.75 Å². The number of imidazole rings is 1. The number of fused-ring (bicyclic) bond motifs is 1. The number of aromatic nitrogens is 2. The second-order valence-electron chi connectivity index (χ2n) is 5.01. The van der Waals surface area contributed by atoms with Gasteiger partial charge in [0.25, 0.3) is 0 Å². The molecule has 0 saturated heterocycles. The van der Waals surface area contributed by atoms with Gasteiger partial charge in [0, 0.05) is 12.2 Å². The van der Waals surface area contributed by atoms with E-state index in [2.05, 4.69) is 15.3 Å². The fourth-order valence-electron chi connectivity index (χ4n) is 1.67. The number of nitrogens with one attached hydrogen (secondary N) is 2. The lowest BCUT2D eigenvalue weighted by molar-refractivity contribution is -0.118. The highest BCUT2D eigenvalue weighted by Crippen LogP contribution is 2.16. The maximum Gasteiger partial charge on any atom is 0.233 e. The number of hydrogen-bond acceptors (Lipinski definition) is 4. The van der Waals surface area contributed by atoms with Gasteiger partial charge in [-0.25, -0.2) is 4.98 Å². The zero-order valence-corrected chi connectivity index (χ0v) is 12.3. The molecular formula is C13H18N4O2S. The molecule has 1 amide bonds. The van der Waals surface area contributed by atoms with Gasteiger partial charge >= 0.3 is 0 Å². The van der Waals surface area contributed by atoms with Crippen LogP contribution in [0.15, 0.2) is 23.4 Å². The predicted octanol–water partition coefficient (Wildman–Crippen LogP) is 1.02. The van der Waals surface area contributed by atoms with Crippen molar-refractivity contribution in [2.75, 3.05) is 18.0 Å². The standard InChI is InChI=1S/C13H18N4O2S/c1-8(2)6-15-12(18)7-20(19)13-16-10-4-3-9(14)5-11(10)17-13/h3-5,8H,6-7,14H2,1-2H3,(H,15,18)(H,16,17). The van der Waals surface area contributed by atoms with Crippen molar-refractivity contribution in [2.45, 2.75) is 19.0 Å². The van der Waals surface area contributed by atoms with Crippen LogP contribution in [-0.4, -0.2) is 32.4 Å². The van der Waals surface area contributed by atoms with Crippen LogP contribution in [0.1, 0.15) is 13.8 Å². The van der Waals surface area contributed by atoms with Crippen molar-refractivity contribution in [3.05, 3.63) is 18.2 Å². The first-order valence-corrected chi connectivity index (χ1v) is 7.68. The topological polar surface area (TPSA) is 101 Å². The van der Waals surface area contributed by atoms with Crippen molar-refractivity contribution < 1.29 is 9.00 Å². The maximum absolute atomic E-state index is 12.1. The summed E-state index contributed by atoms with van der Waals surface area (Å²) in [5.74, 6) is 0.0285. The highest BCUT2D eigenvalue weighted by Gasteiger charge is 2.14. The third kappa shape index (κ3) is 3.57. The first kappa shape index (κ1) is 14.5. The Morgan fingerprint density at radius 2 is 2.25 bits per heavy atom. The van der Waals surface area contributed by atoms with Crippen molar-refractivity contribution in [2.24, 2.45) is 5.92 Å². The fraction of sp³-hybridized carbons (Fsp3) is 0.385. The van der Waals surface area contributed by atoms with Gasteiger partial charge in [-0.3, -0.25) is 9.00 Å². The van der Waals surface area contributed by atoms with Crippen molar-refractivity contribution >= 4 is 33.4 Å². The smallest absolute Gasteiger partial charge is 0.233 e. The lowest BCUT2D eigenvalue weighted by Crippen LogP contribution is -2.31. The lowest BCUT2D eigenvalue weighted by Gasteiger charge is -2.06. The minimum Gasteiger partial charge on any atom is -0.399 e. The van der Waals surface area contributed by atoms with Crippen LogP contribution in [0.5, 0.6) is 0 Å². The van der Waals surface area contributed by atoms with Gasteiger partial charge in [0.05, 0.1) is 21.8 Å². The van der Waals surface area contributed by atoms with E-state index in [0.29, 0.717) is 28.8 Å². The van der Waals surface area contributed by atoms with E-state index >= 15 is 0 Å². The number of hydrogen-bond donors (Lipinski definition) is 3. The largest absolute Gasteiger partial charge is 0.399 e. The average molecular weight is 294 g/mol. The van der Waals surface area contributed by atoms with Gasteiger partial charge < -0.3 is 16.0 Å². The van der Waals surface area contributed by atoms with E-state index in [1.165, 1.54) is 0 Å². The van der Waals surface area contributed by atoms with Crippen LogP contribution in [0.3, 0.4) is 0 Å². The number of benzene rings is 1. The summed E-state index contributed by atoms with van der Waals surface area (Å²) in [6.45, 7) is 4.58. The summed E-state index contributed by atoms with van der Waals surface area (Å²) in [4.78, 5) is 18.8. The number of rotatable bonds is 5. The minimum atomic E-state index is -1.49. The third-order valence-corrected chi connectivity index (χ3v) is 3.82. The van der Waals surface area contributed by atoms with Crippen molar-refractivity contribution in [1.82, 2.24) is 15.3 Å². The van der Waals surface area contributed by atoms with E-state index < -0.39 is 10.8 Å². The summed E-state index contributed by atoms with van der Waals surface area (Å²) >= 11 is 0. The SMILES string of the molecule is CC(C)CNC(=O)CS(=O)c1nc2ccc(N)cc2[nH]1. The Hall–Kier alpha value is -1.89. The minimum absolute atomic E-state index is 0.0952. The predicted molar refractivity (Wildman–Crippen MR) is 79.6 cm³/mol. The monoisotopic (exact) mass is 294 g/mol. The third-order valence-electron chi connectivity index (χ3n) is 2.67. The molecule has 0 spiro atoms. The molecule has 7 heteroatoms. The maximum atomic E-state index is 12.1. The van der Waals surface area contributed by atoms with E-state index in [-0.39, 0.29) is 11.7 Å². The quantitative estimate of drug-likeness (QED) is 0.717. The molecular weight excluding hydrogens is 276 g/mol. The summed E-state index contributed by atoms with van der Waals surface area (Å²) in [6, 6.07) is 5.20. The van der Waals surface area contributed by atoms with Crippen LogP contribution in [-0.2, 0) is 15.6 Å². The zero-order chi connectivity index (χ0) is 14.7. The molecule has 0 bridgehead atoms. The molecule has 0 saturated carbocycles. The molecule has 2 aromatic rings. The number of carbonyl (C=O) groups excluding carboxylic acids is 1. The van der Waals surface area contributed by atoms with Crippen LogP contribution in [0.25, 0.3) is 11.0 Å². The Morgan fingerprint density at radius 1 is 1.50 bits per heavy atom. The molecule has 4 N–H and O–H groups in total. The Labute approximate surface area is 119 Å². The molecule has 0 aliphatic heterocycles. The molecule has 6 nitrogen and oxygen atoms in total. The number of amides is 1. The molecule has 0 fully saturated rings. The summed E-state index contributed by atoms with van der Waals surface area (Å²) in [5.41, 5.74) is 7.68. The molecule has 20 heavy (non-hydrogen) atoms. The number of nitrogen functional groups attached to an aromatic ring is 1. The Balaban J connectivity index is 2.05. The molecule has 1 unspecified atom stereocenters. The number of anilines is 1. The highest BCUT2D eigenvalue weighted by atomic mass is 32.2. The number of nitrogens with zero attached hydrogens (tertiary/aromatic N) is 1. The number of aromatic amines is 1. The number of nitrogens with two attached hydrogens (primary N) is 1. The summed E-state index contributed by atoms with van der Waals surface area (Å²) < 4.78 is 12.1. The number of H-pyrrole nitrogens is 1. The van der Waals surface area contributed by atoms with E-state index in [0.717, 1.165) is 5.52 Å². The molecule has 0 aliphatic rings. The second-order valence-corrected chi connectivity index (χ2v) is 6.37. The van der Waals surface area contributed by atoms with E-state index in [1.807, 2.05) is 13.8 Å². The molecule has 1 aromatic heterocycles. The van der Waals surface area contributed by atoms with Crippen LogP contribution < -0.4 is 11.1 Å². The second kappa shape index (κ2) is 6.04. The van der Waals surface area contributed by atoms with Crippen LogP contribution >= 0.6 is 0 Å². The first-order chi connectivity index (χ1) is 9.45. The lowest BCUT2D eigenvalue weighted by atomic mass is 10.2. The normalized spacial score (nSPS) is 12.8. The molecule has 108 valence electrons. The van der Waals surface area contributed by atoms with Gasteiger partial charge in [-0.05, 0) is 24.1 Å². The van der Waals surface area contributed by atoms with Gasteiger partial charge in [0.15, 0.2) is 5.16 Å². The van der Waals surface area contributed by atoms with Gasteiger partial charge in [-0.2, -0.15) is 0 Å². The van der Waals surface area contributed by atoms with Crippen LogP contribution in [0.4, 0.5) is 5.69 Å². The molecule has 0 radical (unpaired) electrons. The van der Waals surface area contributed by atoms with Gasteiger partial charge in [-0.15, -0.1) is 0 Å². The summed E-state index contributed by atoms with van der Waals surface area (Å²) in [7, 11) is -1.49. The number of carbonyl (C=O) groups is 1. The van der Waals surface area contributed by atoms with Crippen molar-refractivity contribution in [3.63, 3.8) is 0 Å². The summed E-state index contributed by atoms with van der Waals surface area (Å²) in [6.07, 6.45) is 0. The first-order valence-electron chi connectivity index (χ1n) is 6.36. The van der Waals surface area contributed by atoms with E-state index in [9.17, 15) is 9.00 Å². The average Bonchev–Trinajstić information content (AvgIpc) is 2.79. The fourth-order valence-corrected chi connectivity index (χ4v) is 2.57. The van der Waals surface area contributed by atoms with Crippen LogP contribution in [0, 0.1) is 5.92 Å². The van der Waals surface area contributed by atoms with Gasteiger partial charge in [0.2, 0.25) is 5.91 Å². The van der Waals surface area contributed by atoms with Crippen LogP contribution in [0.2, 0.25) is 0 Å². The van der Waals surface area contributed by atoms with E-state index in [1.54, 1.807) is 18.2 Å². The summed E-state index contributed by atoms with van der Waals surface area (Å²) in [5, 5.41) is 3.03. The molecule has 2 rings (SSSR count). The van der Waals surface area contributed by atoms with Crippen molar-refractivity contribution in [3.8, 4) is 0 Å². The zero-order valence-electron chi connectivity index (χ0n) is 11.5. The molecule has 1 aromatic carbocycles. The highest BCUT2D eigenvalue weighted by molar-refractivity contribution is 7.85. The molecule has 1 atom stereocenters. The van der Waals surface area contributed by atoms with Gasteiger partial charge in [-0.1, -0.05) is 13.8 Å². The molecule has 1 heterocycles. The van der Waals surface area contributed by atoms with E-state index in [4.69, 9.17) is 5.73 Å². The Kier molecular flexibility index (Phi) is 4.39. The Morgan fingerprint density at radius 3 is 2.95 bits per heavy atom. The Bertz CT molecular complexity index is 651.